The summed E-state index contributed by atoms with van der Waals surface area (Å²) in [6.07, 6.45) is 5.67. The number of nitrogens with two attached hydrogens (primary N) is 1. The molecule has 1 aromatic carbocycles. The van der Waals surface area contributed by atoms with Crippen LogP contribution < -0.4 is 16.0 Å². The van der Waals surface area contributed by atoms with Gasteiger partial charge in [0.1, 0.15) is 18.2 Å². The molecule has 0 saturated carbocycles. The van der Waals surface area contributed by atoms with Crippen LogP contribution in [0.3, 0.4) is 0 Å². The molecular formula is C15H22N4O. The molecule has 5 nitrogen and oxygen atoms in total. The molecule has 0 fully saturated rings. The van der Waals surface area contributed by atoms with Crippen molar-refractivity contribution in [3.05, 3.63) is 48.5 Å². The molecule has 1 aromatic heterocycles. The van der Waals surface area contributed by atoms with Crippen LogP contribution in [-0.2, 0) is 13.0 Å². The molecule has 0 saturated heterocycles. The highest BCUT2D eigenvalue weighted by atomic mass is 16.5. The summed E-state index contributed by atoms with van der Waals surface area (Å²) < 4.78 is 7.89. The van der Waals surface area contributed by atoms with Gasteiger partial charge in [0, 0.05) is 25.4 Å². The Morgan fingerprint density at radius 3 is 2.85 bits per heavy atom. The van der Waals surface area contributed by atoms with Crippen LogP contribution >= 0.6 is 0 Å². The Morgan fingerprint density at radius 1 is 1.35 bits per heavy atom. The fraction of sp³-hybridized carbons (Fsp3) is 0.400. The number of rotatable bonds is 8. The smallest absolute Gasteiger partial charge is 0.119 e. The summed E-state index contributed by atoms with van der Waals surface area (Å²) >= 11 is 0. The lowest BCUT2D eigenvalue weighted by Gasteiger charge is -2.17. The molecule has 5 heteroatoms. The van der Waals surface area contributed by atoms with Crippen molar-refractivity contribution in [1.29, 1.82) is 0 Å². The minimum atomic E-state index is 0.0354. The van der Waals surface area contributed by atoms with E-state index in [4.69, 9.17) is 10.6 Å². The highest BCUT2D eigenvalue weighted by Crippen LogP contribution is 2.10. The Balaban J connectivity index is 1.90. The van der Waals surface area contributed by atoms with Crippen LogP contribution in [0, 0.1) is 0 Å². The number of para-hydroxylation sites is 1. The predicted octanol–water partition coefficient (Wildman–Crippen LogP) is 1.75. The Labute approximate surface area is 119 Å². The molecule has 0 aliphatic heterocycles. The van der Waals surface area contributed by atoms with Crippen LogP contribution in [0.25, 0.3) is 0 Å². The van der Waals surface area contributed by atoms with Crippen molar-refractivity contribution in [1.82, 2.24) is 15.0 Å². The lowest BCUT2D eigenvalue weighted by molar-refractivity contribution is 0.261. The van der Waals surface area contributed by atoms with Crippen LogP contribution in [0.4, 0.5) is 0 Å². The molecule has 0 radical (unpaired) electrons. The van der Waals surface area contributed by atoms with Gasteiger partial charge in [0.05, 0.1) is 6.04 Å². The maximum Gasteiger partial charge on any atom is 0.119 e. The maximum atomic E-state index is 5.73. The zero-order valence-electron chi connectivity index (χ0n) is 11.8. The van der Waals surface area contributed by atoms with E-state index in [0.29, 0.717) is 6.61 Å². The van der Waals surface area contributed by atoms with E-state index < -0.39 is 0 Å². The molecule has 1 unspecified atom stereocenters. The Bertz CT molecular complexity index is 498. The first-order valence-electron chi connectivity index (χ1n) is 6.97. The van der Waals surface area contributed by atoms with Gasteiger partial charge >= 0.3 is 0 Å². The quantitative estimate of drug-likeness (QED) is 0.568. The topological polar surface area (TPSA) is 65.1 Å². The molecule has 0 aliphatic rings. The number of aromatic nitrogens is 2. The third kappa shape index (κ3) is 4.08. The number of hydrogen-bond acceptors (Lipinski definition) is 4. The second-order valence-corrected chi connectivity index (χ2v) is 4.73. The number of nitrogens with one attached hydrogen (secondary N) is 1. The molecule has 2 rings (SSSR count). The Hall–Kier alpha value is -1.85. The molecule has 2 aromatic rings. The third-order valence-corrected chi connectivity index (χ3v) is 3.13. The zero-order valence-corrected chi connectivity index (χ0v) is 11.8. The van der Waals surface area contributed by atoms with E-state index >= 15 is 0 Å². The molecule has 0 bridgehead atoms. The van der Waals surface area contributed by atoms with Gasteiger partial charge in [-0.3, -0.25) is 11.3 Å². The lowest BCUT2D eigenvalue weighted by Crippen LogP contribution is -2.41. The number of hydrazine groups is 1. The third-order valence-electron chi connectivity index (χ3n) is 3.13. The van der Waals surface area contributed by atoms with Gasteiger partial charge in [0.2, 0.25) is 0 Å². The molecule has 20 heavy (non-hydrogen) atoms. The monoisotopic (exact) mass is 274 g/mol. The van der Waals surface area contributed by atoms with E-state index in [2.05, 4.69) is 21.9 Å². The summed E-state index contributed by atoms with van der Waals surface area (Å²) in [6.45, 7) is 3.65. The maximum absolute atomic E-state index is 5.73. The van der Waals surface area contributed by atoms with Crippen LogP contribution in [0.2, 0.25) is 0 Å². The lowest BCUT2D eigenvalue weighted by atomic mass is 10.2. The summed E-state index contributed by atoms with van der Waals surface area (Å²) in [5.74, 6) is 7.50. The van der Waals surface area contributed by atoms with E-state index in [1.165, 1.54) is 0 Å². The van der Waals surface area contributed by atoms with Crippen molar-refractivity contribution >= 4 is 0 Å². The fourth-order valence-corrected chi connectivity index (χ4v) is 2.07. The first kappa shape index (κ1) is 14.6. The van der Waals surface area contributed by atoms with Crippen molar-refractivity contribution in [2.75, 3.05) is 6.61 Å². The molecule has 0 aliphatic carbocycles. The predicted molar refractivity (Wildman–Crippen MR) is 79.3 cm³/mol. The van der Waals surface area contributed by atoms with Gasteiger partial charge in [-0.25, -0.2) is 4.98 Å². The normalized spacial score (nSPS) is 12.3. The number of hydrogen-bond donors (Lipinski definition) is 2. The van der Waals surface area contributed by atoms with Gasteiger partial charge < -0.3 is 9.30 Å². The minimum Gasteiger partial charge on any atom is -0.492 e. The van der Waals surface area contributed by atoms with Crippen LogP contribution in [0.5, 0.6) is 5.75 Å². The minimum absolute atomic E-state index is 0.0354. The second kappa shape index (κ2) is 7.67. The van der Waals surface area contributed by atoms with Crippen molar-refractivity contribution in [2.45, 2.75) is 32.4 Å². The summed E-state index contributed by atoms with van der Waals surface area (Å²) in [6, 6.07) is 9.78. The van der Waals surface area contributed by atoms with Gasteiger partial charge in [0.15, 0.2) is 0 Å². The Morgan fingerprint density at radius 2 is 2.15 bits per heavy atom. The number of nitrogens with zero attached hydrogens (tertiary/aromatic N) is 2. The SMILES string of the molecule is CCCn1ccnc1CC(COc1ccccc1)NN. The van der Waals surface area contributed by atoms with Gasteiger partial charge in [-0.1, -0.05) is 25.1 Å². The number of ether oxygens (including phenoxy) is 1. The molecule has 3 N–H and O–H groups in total. The van der Waals surface area contributed by atoms with E-state index in [0.717, 1.165) is 31.0 Å². The number of aryl methyl sites for hydroxylation is 1. The number of benzene rings is 1. The molecule has 1 heterocycles. The van der Waals surface area contributed by atoms with E-state index in [-0.39, 0.29) is 6.04 Å². The fourth-order valence-electron chi connectivity index (χ4n) is 2.07. The van der Waals surface area contributed by atoms with E-state index in [1.54, 1.807) is 0 Å². The van der Waals surface area contributed by atoms with Gasteiger partial charge in [-0.2, -0.15) is 0 Å². The zero-order chi connectivity index (χ0) is 14.2. The first-order chi connectivity index (χ1) is 9.83. The van der Waals surface area contributed by atoms with Gasteiger partial charge in [-0.05, 0) is 18.6 Å². The number of imidazole rings is 1. The summed E-state index contributed by atoms with van der Waals surface area (Å²) in [5, 5.41) is 0. The van der Waals surface area contributed by atoms with E-state index in [9.17, 15) is 0 Å². The largest absolute Gasteiger partial charge is 0.492 e. The highest BCUT2D eigenvalue weighted by molar-refractivity contribution is 5.21. The average molecular weight is 274 g/mol. The van der Waals surface area contributed by atoms with Crippen molar-refractivity contribution in [3.8, 4) is 5.75 Å². The van der Waals surface area contributed by atoms with Gasteiger partial charge in [0.25, 0.3) is 0 Å². The van der Waals surface area contributed by atoms with Crippen LogP contribution in [0.15, 0.2) is 42.7 Å². The second-order valence-electron chi connectivity index (χ2n) is 4.73. The van der Waals surface area contributed by atoms with Crippen LogP contribution in [-0.4, -0.2) is 22.2 Å². The molecule has 108 valence electrons. The summed E-state index contributed by atoms with van der Waals surface area (Å²) in [4.78, 5) is 4.39. The molecule has 0 spiro atoms. The average Bonchev–Trinajstić information content (AvgIpc) is 2.92. The van der Waals surface area contributed by atoms with Crippen LogP contribution in [0.1, 0.15) is 19.2 Å². The van der Waals surface area contributed by atoms with Crippen molar-refractivity contribution in [2.24, 2.45) is 5.84 Å². The van der Waals surface area contributed by atoms with E-state index in [1.807, 2.05) is 42.7 Å². The van der Waals surface area contributed by atoms with Crippen molar-refractivity contribution < 1.29 is 4.74 Å². The summed E-state index contributed by atoms with van der Waals surface area (Å²) in [7, 11) is 0. The Kier molecular flexibility index (Phi) is 5.58. The van der Waals surface area contributed by atoms with Gasteiger partial charge in [-0.15, -0.1) is 0 Å². The first-order valence-corrected chi connectivity index (χ1v) is 6.97. The molecule has 0 amide bonds. The molecule has 1 atom stereocenters. The van der Waals surface area contributed by atoms with Crippen molar-refractivity contribution in [3.63, 3.8) is 0 Å². The molecular weight excluding hydrogens is 252 g/mol. The summed E-state index contributed by atoms with van der Waals surface area (Å²) in [5.41, 5.74) is 2.80. The standard InChI is InChI=1S/C15H22N4O/c1-2-9-19-10-8-17-15(19)11-13(18-16)12-20-14-6-4-3-5-7-14/h3-8,10,13,18H,2,9,11-12,16H2,1H3. The highest BCUT2D eigenvalue weighted by Gasteiger charge is 2.12.